The van der Waals surface area contributed by atoms with Gasteiger partial charge in [0.15, 0.2) is 0 Å². The van der Waals surface area contributed by atoms with Crippen molar-refractivity contribution in [3.05, 3.63) is 0 Å². The third-order valence-electron chi connectivity index (χ3n) is 3.48. The molecule has 15 heavy (non-hydrogen) atoms. The Morgan fingerprint density at radius 2 is 1.93 bits per heavy atom. The predicted octanol–water partition coefficient (Wildman–Crippen LogP) is 2.97. The first-order valence-electron chi connectivity index (χ1n) is 6.11. The van der Waals surface area contributed by atoms with Gasteiger partial charge >= 0.3 is 0 Å². The first kappa shape index (κ1) is 13.0. The van der Waals surface area contributed by atoms with Gasteiger partial charge in [0.05, 0.1) is 5.60 Å². The summed E-state index contributed by atoms with van der Waals surface area (Å²) in [4.78, 5) is 0. The lowest BCUT2D eigenvalue weighted by atomic mass is 9.86. The molecule has 1 saturated heterocycles. The van der Waals surface area contributed by atoms with Crippen LogP contribution in [-0.4, -0.2) is 24.3 Å². The third kappa shape index (κ3) is 4.12. The second kappa shape index (κ2) is 4.42. The molecule has 0 aromatic carbocycles. The van der Waals surface area contributed by atoms with Crippen molar-refractivity contribution in [2.45, 2.75) is 72.1 Å². The van der Waals surface area contributed by atoms with Crippen LogP contribution in [0, 0.1) is 5.41 Å². The van der Waals surface area contributed by atoms with Gasteiger partial charge in [-0.3, -0.25) is 0 Å². The maximum atomic E-state index is 5.72. The molecule has 0 amide bonds. The first-order chi connectivity index (χ1) is 6.71. The van der Waals surface area contributed by atoms with E-state index in [9.17, 15) is 0 Å². The van der Waals surface area contributed by atoms with Crippen LogP contribution in [0.25, 0.3) is 0 Å². The largest absolute Gasteiger partial charge is 0.375 e. The zero-order valence-corrected chi connectivity index (χ0v) is 11.2. The molecule has 2 heteroatoms. The van der Waals surface area contributed by atoms with Crippen molar-refractivity contribution in [1.29, 1.82) is 0 Å². The monoisotopic (exact) mass is 213 g/mol. The number of hydrogen-bond donors (Lipinski definition) is 1. The summed E-state index contributed by atoms with van der Waals surface area (Å²) in [6.45, 7) is 14.4. The zero-order chi connectivity index (χ0) is 11.7. The van der Waals surface area contributed by atoms with Gasteiger partial charge in [0.1, 0.15) is 0 Å². The van der Waals surface area contributed by atoms with E-state index >= 15 is 0 Å². The standard InChI is InChI=1S/C13H27NO/c1-10(12(2,3)4)14-11-7-8-15-13(5,6)9-11/h10-11,14H,7-9H2,1-6H3. The van der Waals surface area contributed by atoms with E-state index in [0.29, 0.717) is 17.5 Å². The Bertz CT molecular complexity index is 205. The molecule has 0 saturated carbocycles. The Kier molecular flexibility index (Phi) is 3.83. The second-order valence-electron chi connectivity index (χ2n) is 6.55. The lowest BCUT2D eigenvalue weighted by molar-refractivity contribution is -0.0654. The second-order valence-corrected chi connectivity index (χ2v) is 6.55. The lowest BCUT2D eigenvalue weighted by Crippen LogP contribution is -2.49. The van der Waals surface area contributed by atoms with Crippen molar-refractivity contribution in [1.82, 2.24) is 5.32 Å². The van der Waals surface area contributed by atoms with Crippen LogP contribution in [0.3, 0.4) is 0 Å². The average molecular weight is 213 g/mol. The maximum absolute atomic E-state index is 5.72. The average Bonchev–Trinajstić information content (AvgIpc) is 2.00. The van der Waals surface area contributed by atoms with Gasteiger partial charge in [0.2, 0.25) is 0 Å². The van der Waals surface area contributed by atoms with Gasteiger partial charge in [-0.15, -0.1) is 0 Å². The van der Waals surface area contributed by atoms with E-state index in [1.165, 1.54) is 0 Å². The van der Waals surface area contributed by atoms with E-state index in [2.05, 4.69) is 46.9 Å². The Morgan fingerprint density at radius 3 is 2.40 bits per heavy atom. The molecule has 2 atom stereocenters. The van der Waals surface area contributed by atoms with Gasteiger partial charge in [-0.1, -0.05) is 20.8 Å². The highest BCUT2D eigenvalue weighted by atomic mass is 16.5. The van der Waals surface area contributed by atoms with Gasteiger partial charge in [0, 0.05) is 18.7 Å². The number of hydrogen-bond acceptors (Lipinski definition) is 2. The van der Waals surface area contributed by atoms with Crippen LogP contribution >= 0.6 is 0 Å². The van der Waals surface area contributed by atoms with Crippen molar-refractivity contribution in [2.75, 3.05) is 6.61 Å². The summed E-state index contributed by atoms with van der Waals surface area (Å²) in [7, 11) is 0. The number of ether oxygens (including phenoxy) is 1. The normalized spacial score (nSPS) is 28.8. The van der Waals surface area contributed by atoms with Crippen LogP contribution in [0.4, 0.5) is 0 Å². The quantitative estimate of drug-likeness (QED) is 0.761. The van der Waals surface area contributed by atoms with Gasteiger partial charge in [-0.25, -0.2) is 0 Å². The minimum atomic E-state index is 0.0491. The van der Waals surface area contributed by atoms with Crippen LogP contribution in [0.15, 0.2) is 0 Å². The van der Waals surface area contributed by atoms with Crippen molar-refractivity contribution >= 4 is 0 Å². The van der Waals surface area contributed by atoms with E-state index in [-0.39, 0.29) is 5.60 Å². The SMILES string of the molecule is CC(NC1CCOC(C)(C)C1)C(C)(C)C. The predicted molar refractivity (Wildman–Crippen MR) is 65.1 cm³/mol. The highest BCUT2D eigenvalue weighted by molar-refractivity contribution is 4.87. The smallest absolute Gasteiger partial charge is 0.0641 e. The van der Waals surface area contributed by atoms with Crippen molar-refractivity contribution < 1.29 is 4.74 Å². The lowest BCUT2D eigenvalue weighted by Gasteiger charge is -2.39. The fourth-order valence-corrected chi connectivity index (χ4v) is 1.98. The Labute approximate surface area is 94.8 Å². The summed E-state index contributed by atoms with van der Waals surface area (Å²) in [5.74, 6) is 0. The summed E-state index contributed by atoms with van der Waals surface area (Å²) in [5.41, 5.74) is 0.385. The first-order valence-corrected chi connectivity index (χ1v) is 6.11. The van der Waals surface area contributed by atoms with Crippen molar-refractivity contribution in [3.63, 3.8) is 0 Å². The number of rotatable bonds is 2. The van der Waals surface area contributed by atoms with E-state index in [0.717, 1.165) is 19.4 Å². The Balaban J connectivity index is 2.45. The van der Waals surface area contributed by atoms with Gasteiger partial charge < -0.3 is 10.1 Å². The Hall–Kier alpha value is -0.0800. The van der Waals surface area contributed by atoms with Crippen LogP contribution in [0.5, 0.6) is 0 Å². The summed E-state index contributed by atoms with van der Waals surface area (Å²) in [6.07, 6.45) is 2.26. The van der Waals surface area contributed by atoms with Crippen molar-refractivity contribution in [2.24, 2.45) is 5.41 Å². The molecule has 2 nitrogen and oxygen atoms in total. The molecule has 90 valence electrons. The molecule has 0 bridgehead atoms. The fourth-order valence-electron chi connectivity index (χ4n) is 1.98. The van der Waals surface area contributed by atoms with Crippen molar-refractivity contribution in [3.8, 4) is 0 Å². The number of nitrogens with one attached hydrogen (secondary N) is 1. The van der Waals surface area contributed by atoms with Crippen LogP contribution < -0.4 is 5.32 Å². The highest BCUT2D eigenvalue weighted by Crippen LogP contribution is 2.26. The topological polar surface area (TPSA) is 21.3 Å². The molecule has 0 spiro atoms. The van der Waals surface area contributed by atoms with E-state index in [1.807, 2.05) is 0 Å². The Morgan fingerprint density at radius 1 is 1.33 bits per heavy atom. The molecular formula is C13H27NO. The fraction of sp³-hybridized carbons (Fsp3) is 1.00. The molecule has 1 N–H and O–H groups in total. The summed E-state index contributed by atoms with van der Waals surface area (Å²) in [5, 5.41) is 3.73. The van der Waals surface area contributed by atoms with Gasteiger partial charge in [0.25, 0.3) is 0 Å². The summed E-state index contributed by atoms with van der Waals surface area (Å²) >= 11 is 0. The zero-order valence-electron chi connectivity index (χ0n) is 11.2. The highest BCUT2D eigenvalue weighted by Gasteiger charge is 2.31. The molecule has 0 radical (unpaired) electrons. The van der Waals surface area contributed by atoms with E-state index in [4.69, 9.17) is 4.74 Å². The minimum absolute atomic E-state index is 0.0491. The third-order valence-corrected chi connectivity index (χ3v) is 3.48. The van der Waals surface area contributed by atoms with Crippen LogP contribution in [0.2, 0.25) is 0 Å². The molecule has 2 unspecified atom stereocenters. The molecule has 1 heterocycles. The maximum Gasteiger partial charge on any atom is 0.0641 e. The molecule has 1 rings (SSSR count). The molecule has 0 aliphatic carbocycles. The van der Waals surface area contributed by atoms with E-state index < -0.39 is 0 Å². The molecular weight excluding hydrogens is 186 g/mol. The molecule has 0 aromatic heterocycles. The van der Waals surface area contributed by atoms with Gasteiger partial charge in [-0.2, -0.15) is 0 Å². The molecule has 0 aromatic rings. The molecule has 1 fully saturated rings. The van der Waals surface area contributed by atoms with Gasteiger partial charge in [-0.05, 0) is 39.0 Å². The minimum Gasteiger partial charge on any atom is -0.375 e. The molecule has 1 aliphatic rings. The summed E-state index contributed by atoms with van der Waals surface area (Å²) in [6, 6.07) is 1.17. The van der Waals surface area contributed by atoms with E-state index in [1.54, 1.807) is 0 Å². The molecule has 1 aliphatic heterocycles. The summed E-state index contributed by atoms with van der Waals surface area (Å²) < 4.78 is 5.72. The van der Waals surface area contributed by atoms with Crippen LogP contribution in [-0.2, 0) is 4.74 Å². The van der Waals surface area contributed by atoms with Crippen LogP contribution in [0.1, 0.15) is 54.4 Å².